The molecule has 0 aromatic heterocycles. The molecule has 27 heavy (non-hydrogen) atoms. The first-order chi connectivity index (χ1) is 12.7. The summed E-state index contributed by atoms with van der Waals surface area (Å²) >= 11 is 0. The number of rotatable bonds is 8. The van der Waals surface area contributed by atoms with Crippen LogP contribution < -0.4 is 0 Å². The van der Waals surface area contributed by atoms with Gasteiger partial charge in [-0.05, 0) is 17.7 Å². The SMILES string of the molecule is OC[C@H](OCc1cccc(C(F)(F)F)c1)[C@H](O)C[S+]1C[C@@H](O)[C@H](O)[C@H]1CO. The molecule has 10 heteroatoms. The summed E-state index contributed by atoms with van der Waals surface area (Å²) in [7, 11) is -0.681. The zero-order valence-electron chi connectivity index (χ0n) is 14.4. The Morgan fingerprint density at radius 3 is 2.52 bits per heavy atom. The minimum absolute atomic E-state index is 0.0904. The topological polar surface area (TPSA) is 110 Å². The number of alkyl halides is 3. The van der Waals surface area contributed by atoms with Crippen LogP contribution in [0.3, 0.4) is 0 Å². The van der Waals surface area contributed by atoms with Crippen LogP contribution in [0, 0.1) is 0 Å². The van der Waals surface area contributed by atoms with Crippen LogP contribution in [0.25, 0.3) is 0 Å². The minimum Gasteiger partial charge on any atom is -0.394 e. The molecule has 6 atom stereocenters. The zero-order valence-corrected chi connectivity index (χ0v) is 15.2. The number of hydrogen-bond donors (Lipinski definition) is 5. The first-order valence-electron chi connectivity index (χ1n) is 8.37. The van der Waals surface area contributed by atoms with Crippen molar-refractivity contribution in [2.24, 2.45) is 0 Å². The van der Waals surface area contributed by atoms with Gasteiger partial charge in [0.2, 0.25) is 0 Å². The molecule has 0 spiro atoms. The number of aliphatic hydroxyl groups excluding tert-OH is 5. The summed E-state index contributed by atoms with van der Waals surface area (Å²) in [5.74, 6) is 0.308. The standard InChI is InChI=1S/C17H24F3O6S/c18-17(19,20)11-3-1-2-10(4-11)7-26-14(5-21)12(23)8-27-9-13(24)16(25)15(27)6-22/h1-4,12-16,21-25H,5-9H2/q+1/t12-,13-,14+,15-,16+,27?/m1/s1. The van der Waals surface area contributed by atoms with E-state index in [-0.39, 0.29) is 30.3 Å². The van der Waals surface area contributed by atoms with Crippen molar-refractivity contribution in [3.8, 4) is 0 Å². The van der Waals surface area contributed by atoms with E-state index in [0.717, 1.165) is 12.1 Å². The van der Waals surface area contributed by atoms with Gasteiger partial charge < -0.3 is 30.3 Å². The molecule has 0 amide bonds. The van der Waals surface area contributed by atoms with Gasteiger partial charge in [0.15, 0.2) is 5.25 Å². The van der Waals surface area contributed by atoms with Crippen molar-refractivity contribution in [2.45, 2.75) is 42.4 Å². The number of hydrogen-bond acceptors (Lipinski definition) is 6. The van der Waals surface area contributed by atoms with Crippen LogP contribution in [-0.2, 0) is 28.4 Å². The maximum absolute atomic E-state index is 12.7. The Bertz CT molecular complexity index is 602. The molecular formula is C17H24F3O6S+. The van der Waals surface area contributed by atoms with E-state index in [1.165, 1.54) is 12.1 Å². The van der Waals surface area contributed by atoms with Gasteiger partial charge in [0.25, 0.3) is 0 Å². The van der Waals surface area contributed by atoms with Gasteiger partial charge in [0, 0.05) is 10.9 Å². The lowest BCUT2D eigenvalue weighted by Gasteiger charge is -2.22. The first kappa shape index (κ1) is 22.4. The largest absolute Gasteiger partial charge is 0.416 e. The van der Waals surface area contributed by atoms with Crippen LogP contribution in [0.4, 0.5) is 13.2 Å². The molecule has 0 bridgehead atoms. The van der Waals surface area contributed by atoms with Crippen molar-refractivity contribution < 1.29 is 43.4 Å². The monoisotopic (exact) mass is 413 g/mol. The van der Waals surface area contributed by atoms with E-state index in [0.29, 0.717) is 0 Å². The average Bonchev–Trinajstić information content (AvgIpc) is 2.88. The Morgan fingerprint density at radius 2 is 1.93 bits per heavy atom. The van der Waals surface area contributed by atoms with Crippen LogP contribution in [0.1, 0.15) is 11.1 Å². The van der Waals surface area contributed by atoms with Crippen LogP contribution in [0.2, 0.25) is 0 Å². The van der Waals surface area contributed by atoms with Gasteiger partial charge in [-0.15, -0.1) is 0 Å². The molecule has 1 saturated heterocycles. The fourth-order valence-electron chi connectivity index (χ4n) is 2.94. The zero-order chi connectivity index (χ0) is 20.2. The maximum atomic E-state index is 12.7. The van der Waals surface area contributed by atoms with E-state index < -0.39 is 58.9 Å². The molecule has 0 radical (unpaired) electrons. The van der Waals surface area contributed by atoms with Gasteiger partial charge in [-0.2, -0.15) is 13.2 Å². The molecule has 0 aliphatic carbocycles. The second-order valence-corrected chi connectivity index (χ2v) is 8.79. The molecule has 1 aromatic carbocycles. The predicted molar refractivity (Wildman–Crippen MR) is 93.1 cm³/mol. The minimum atomic E-state index is -4.48. The molecule has 1 unspecified atom stereocenters. The van der Waals surface area contributed by atoms with Gasteiger partial charge in [-0.1, -0.05) is 12.1 Å². The summed E-state index contributed by atoms with van der Waals surface area (Å²) in [6, 6.07) is 4.58. The summed E-state index contributed by atoms with van der Waals surface area (Å²) < 4.78 is 43.6. The normalized spacial score (nSPS) is 28.3. The maximum Gasteiger partial charge on any atom is 0.416 e. The lowest BCUT2D eigenvalue weighted by Crippen LogP contribution is -2.42. The Hall–Kier alpha value is -0.880. The molecular weight excluding hydrogens is 389 g/mol. The second-order valence-electron chi connectivity index (χ2n) is 6.45. The summed E-state index contributed by atoms with van der Waals surface area (Å²) in [5, 5.41) is 48.1. The summed E-state index contributed by atoms with van der Waals surface area (Å²) in [4.78, 5) is 0. The highest BCUT2D eigenvalue weighted by atomic mass is 32.2. The molecule has 154 valence electrons. The van der Waals surface area contributed by atoms with Crippen LogP contribution >= 0.6 is 0 Å². The predicted octanol–water partition coefficient (Wildman–Crippen LogP) is -0.342. The highest BCUT2D eigenvalue weighted by molar-refractivity contribution is 7.97. The molecule has 1 aliphatic heterocycles. The van der Waals surface area contributed by atoms with Gasteiger partial charge in [-0.3, -0.25) is 0 Å². The van der Waals surface area contributed by atoms with Crippen LogP contribution in [-0.4, -0.2) is 79.9 Å². The summed E-state index contributed by atoms with van der Waals surface area (Å²) in [6.45, 7) is -1.12. The van der Waals surface area contributed by atoms with Gasteiger partial charge in [0.05, 0.1) is 25.4 Å². The summed E-state index contributed by atoms with van der Waals surface area (Å²) in [5.41, 5.74) is -0.566. The van der Waals surface area contributed by atoms with E-state index in [2.05, 4.69) is 0 Å². The quantitative estimate of drug-likeness (QED) is 0.373. The highest BCUT2D eigenvalue weighted by Gasteiger charge is 2.50. The Labute approximate surface area is 157 Å². The molecule has 1 aliphatic rings. The van der Waals surface area contributed by atoms with Gasteiger partial charge in [-0.25, -0.2) is 0 Å². The number of benzene rings is 1. The molecule has 1 heterocycles. The molecule has 6 nitrogen and oxygen atoms in total. The Kier molecular flexibility index (Phi) is 7.93. The average molecular weight is 413 g/mol. The molecule has 2 rings (SSSR count). The second kappa shape index (κ2) is 9.55. The van der Waals surface area contributed by atoms with Gasteiger partial charge >= 0.3 is 6.18 Å². The Morgan fingerprint density at radius 1 is 1.22 bits per heavy atom. The lowest BCUT2D eigenvalue weighted by molar-refractivity contribution is -0.137. The van der Waals surface area contributed by atoms with Crippen molar-refractivity contribution in [2.75, 3.05) is 24.7 Å². The van der Waals surface area contributed by atoms with Crippen molar-refractivity contribution in [3.05, 3.63) is 35.4 Å². The fourth-order valence-corrected chi connectivity index (χ4v) is 5.65. The number of ether oxygens (including phenoxy) is 1. The lowest BCUT2D eigenvalue weighted by atomic mass is 10.1. The fraction of sp³-hybridized carbons (Fsp3) is 0.647. The molecule has 0 saturated carbocycles. The van der Waals surface area contributed by atoms with Crippen LogP contribution in [0.5, 0.6) is 0 Å². The van der Waals surface area contributed by atoms with E-state index in [1.807, 2.05) is 0 Å². The smallest absolute Gasteiger partial charge is 0.394 e. The van der Waals surface area contributed by atoms with Crippen LogP contribution in [0.15, 0.2) is 24.3 Å². The van der Waals surface area contributed by atoms with E-state index in [4.69, 9.17) is 4.74 Å². The van der Waals surface area contributed by atoms with E-state index in [1.54, 1.807) is 0 Å². The summed E-state index contributed by atoms with van der Waals surface area (Å²) in [6.07, 6.45) is -8.74. The molecule has 1 aromatic rings. The third-order valence-corrected chi connectivity index (χ3v) is 7.30. The molecule has 5 N–H and O–H groups in total. The van der Waals surface area contributed by atoms with Gasteiger partial charge in [0.1, 0.15) is 35.9 Å². The van der Waals surface area contributed by atoms with Crippen molar-refractivity contribution in [1.82, 2.24) is 0 Å². The van der Waals surface area contributed by atoms with E-state index in [9.17, 15) is 38.7 Å². The Balaban J connectivity index is 1.95. The highest BCUT2D eigenvalue weighted by Crippen LogP contribution is 2.30. The van der Waals surface area contributed by atoms with E-state index >= 15 is 0 Å². The van der Waals surface area contributed by atoms with Crippen molar-refractivity contribution in [3.63, 3.8) is 0 Å². The van der Waals surface area contributed by atoms with Crippen molar-refractivity contribution in [1.29, 1.82) is 0 Å². The third kappa shape index (κ3) is 5.80. The first-order valence-corrected chi connectivity index (χ1v) is 10.00. The number of aliphatic hydroxyl groups is 5. The molecule has 1 fully saturated rings. The third-order valence-electron chi connectivity index (χ3n) is 4.48. The van der Waals surface area contributed by atoms with Crippen molar-refractivity contribution >= 4 is 10.9 Å². The number of halogens is 3.